The molecule has 0 aliphatic carbocycles. The van der Waals surface area contributed by atoms with E-state index in [1.807, 2.05) is 32.0 Å². The van der Waals surface area contributed by atoms with Crippen LogP contribution in [0.3, 0.4) is 0 Å². The number of para-hydroxylation sites is 1. The first-order valence-corrected chi connectivity index (χ1v) is 11.5. The van der Waals surface area contributed by atoms with Gasteiger partial charge in [0.05, 0.1) is 4.90 Å². The zero-order valence-corrected chi connectivity index (χ0v) is 18.2. The average molecular weight is 416 g/mol. The van der Waals surface area contributed by atoms with Gasteiger partial charge in [-0.3, -0.25) is 4.79 Å². The van der Waals surface area contributed by atoms with Crippen molar-refractivity contribution < 1.29 is 13.2 Å². The first kappa shape index (κ1) is 21.3. The molecule has 0 N–H and O–H groups in total. The fourth-order valence-corrected chi connectivity index (χ4v) is 5.41. The molecule has 1 heterocycles. The smallest absolute Gasteiger partial charge is 0.254 e. The molecule has 1 saturated heterocycles. The summed E-state index contributed by atoms with van der Waals surface area (Å²) in [7, 11) is -3.61. The van der Waals surface area contributed by atoms with Gasteiger partial charge in [-0.05, 0) is 36.8 Å². The van der Waals surface area contributed by atoms with E-state index >= 15 is 0 Å². The van der Waals surface area contributed by atoms with E-state index in [2.05, 4.69) is 17.0 Å². The van der Waals surface area contributed by atoms with Crippen LogP contribution < -0.4 is 4.90 Å². The van der Waals surface area contributed by atoms with Crippen molar-refractivity contribution in [3.63, 3.8) is 0 Å². The summed E-state index contributed by atoms with van der Waals surface area (Å²) in [5.74, 6) is -0.117. The van der Waals surface area contributed by atoms with Gasteiger partial charge in [0.25, 0.3) is 5.91 Å². The molecule has 0 aromatic heterocycles. The molecule has 0 bridgehead atoms. The standard InChI is InChI=1S/C22H29N3O3S/c1-4-25(5-2)29(27,28)21-17-19(12-11-18(21)3)22(26)24-15-13-23(14-16-24)20-9-7-6-8-10-20/h6-12,17H,4-5,13-16H2,1-3H3. The van der Waals surface area contributed by atoms with Gasteiger partial charge in [-0.2, -0.15) is 4.31 Å². The van der Waals surface area contributed by atoms with Crippen LogP contribution in [0.25, 0.3) is 0 Å². The number of carbonyl (C=O) groups is 1. The van der Waals surface area contributed by atoms with E-state index in [9.17, 15) is 13.2 Å². The summed E-state index contributed by atoms with van der Waals surface area (Å²) in [6.45, 7) is 8.94. The third kappa shape index (κ3) is 4.46. The van der Waals surface area contributed by atoms with Crippen molar-refractivity contribution in [2.75, 3.05) is 44.2 Å². The van der Waals surface area contributed by atoms with Crippen LogP contribution in [0.1, 0.15) is 29.8 Å². The fraction of sp³-hybridized carbons (Fsp3) is 0.409. The molecule has 3 rings (SSSR count). The molecule has 2 aromatic carbocycles. The van der Waals surface area contributed by atoms with Crippen molar-refractivity contribution in [2.24, 2.45) is 0 Å². The molecule has 156 valence electrons. The maximum Gasteiger partial charge on any atom is 0.254 e. The number of carbonyl (C=O) groups excluding carboxylic acids is 1. The van der Waals surface area contributed by atoms with Crippen molar-refractivity contribution in [3.05, 3.63) is 59.7 Å². The normalized spacial score (nSPS) is 15.0. The molecule has 1 amide bonds. The minimum atomic E-state index is -3.61. The summed E-state index contributed by atoms with van der Waals surface area (Å²) in [6, 6.07) is 15.1. The highest BCUT2D eigenvalue weighted by molar-refractivity contribution is 7.89. The molecule has 2 aromatic rings. The van der Waals surface area contributed by atoms with Crippen LogP contribution in [-0.4, -0.2) is 62.8 Å². The van der Waals surface area contributed by atoms with Gasteiger partial charge in [0, 0.05) is 50.5 Å². The van der Waals surface area contributed by atoms with Crippen molar-refractivity contribution in [3.8, 4) is 0 Å². The number of anilines is 1. The minimum absolute atomic E-state index is 0.117. The summed E-state index contributed by atoms with van der Waals surface area (Å²) in [5.41, 5.74) is 2.24. The van der Waals surface area contributed by atoms with Gasteiger partial charge < -0.3 is 9.80 Å². The van der Waals surface area contributed by atoms with Gasteiger partial charge in [0.15, 0.2) is 0 Å². The SMILES string of the molecule is CCN(CC)S(=O)(=O)c1cc(C(=O)N2CCN(c3ccccc3)CC2)ccc1C. The van der Waals surface area contributed by atoms with Crippen molar-refractivity contribution in [2.45, 2.75) is 25.7 Å². The highest BCUT2D eigenvalue weighted by Crippen LogP contribution is 2.23. The maximum absolute atomic E-state index is 13.0. The second kappa shape index (κ2) is 8.97. The first-order chi connectivity index (χ1) is 13.9. The fourth-order valence-electron chi connectivity index (χ4n) is 3.70. The molecule has 7 heteroatoms. The van der Waals surface area contributed by atoms with Gasteiger partial charge in [-0.25, -0.2) is 8.42 Å². The number of piperazine rings is 1. The van der Waals surface area contributed by atoms with E-state index in [-0.39, 0.29) is 10.8 Å². The van der Waals surface area contributed by atoms with E-state index in [0.717, 1.165) is 18.8 Å². The second-order valence-electron chi connectivity index (χ2n) is 7.18. The maximum atomic E-state index is 13.0. The highest BCUT2D eigenvalue weighted by atomic mass is 32.2. The van der Waals surface area contributed by atoms with Gasteiger partial charge in [-0.1, -0.05) is 38.1 Å². The molecule has 0 saturated carbocycles. The molecule has 1 fully saturated rings. The van der Waals surface area contributed by atoms with Gasteiger partial charge in [0.1, 0.15) is 0 Å². The van der Waals surface area contributed by atoms with E-state index in [1.165, 1.54) is 10.4 Å². The number of benzene rings is 2. The van der Waals surface area contributed by atoms with Crippen LogP contribution in [0, 0.1) is 6.92 Å². The molecule has 6 nitrogen and oxygen atoms in total. The Hall–Kier alpha value is -2.38. The highest BCUT2D eigenvalue weighted by Gasteiger charge is 2.27. The Morgan fingerprint density at radius 1 is 0.966 bits per heavy atom. The number of amides is 1. The minimum Gasteiger partial charge on any atom is -0.368 e. The van der Waals surface area contributed by atoms with Crippen molar-refractivity contribution in [1.29, 1.82) is 0 Å². The molecule has 0 radical (unpaired) electrons. The largest absolute Gasteiger partial charge is 0.368 e. The second-order valence-corrected chi connectivity index (χ2v) is 9.09. The Labute approximate surface area is 173 Å². The zero-order chi connectivity index (χ0) is 21.0. The van der Waals surface area contributed by atoms with Crippen molar-refractivity contribution in [1.82, 2.24) is 9.21 Å². The lowest BCUT2D eigenvalue weighted by Gasteiger charge is -2.36. The summed E-state index contributed by atoms with van der Waals surface area (Å²) in [5, 5.41) is 0. The predicted molar refractivity (Wildman–Crippen MR) is 116 cm³/mol. The van der Waals surface area contributed by atoms with Crippen LogP contribution in [-0.2, 0) is 10.0 Å². The number of hydrogen-bond donors (Lipinski definition) is 0. The number of sulfonamides is 1. The van der Waals surface area contributed by atoms with Gasteiger partial charge >= 0.3 is 0 Å². The molecule has 1 aliphatic heterocycles. The molecule has 29 heavy (non-hydrogen) atoms. The zero-order valence-electron chi connectivity index (χ0n) is 17.3. The Morgan fingerprint density at radius 3 is 2.17 bits per heavy atom. The monoisotopic (exact) mass is 415 g/mol. The summed E-state index contributed by atoms with van der Waals surface area (Å²) in [6.07, 6.45) is 0. The first-order valence-electron chi connectivity index (χ1n) is 10.1. The lowest BCUT2D eigenvalue weighted by Crippen LogP contribution is -2.48. The number of nitrogens with zero attached hydrogens (tertiary/aromatic N) is 3. The van der Waals surface area contributed by atoms with Crippen LogP contribution in [0.5, 0.6) is 0 Å². The molecule has 0 spiro atoms. The Kier molecular flexibility index (Phi) is 6.59. The molecule has 0 unspecified atom stereocenters. The summed E-state index contributed by atoms with van der Waals surface area (Å²) < 4.78 is 27.3. The molecular formula is C22H29N3O3S. The molecular weight excluding hydrogens is 386 g/mol. The predicted octanol–water partition coefficient (Wildman–Crippen LogP) is 2.99. The lowest BCUT2D eigenvalue weighted by molar-refractivity contribution is 0.0746. The number of rotatable bonds is 6. The third-order valence-electron chi connectivity index (χ3n) is 5.45. The van der Waals surface area contributed by atoms with Crippen LogP contribution in [0.15, 0.2) is 53.4 Å². The van der Waals surface area contributed by atoms with Crippen LogP contribution >= 0.6 is 0 Å². The molecule has 1 aliphatic rings. The number of aryl methyl sites for hydroxylation is 1. The van der Waals surface area contributed by atoms with Crippen molar-refractivity contribution >= 4 is 21.6 Å². The Balaban J connectivity index is 1.77. The summed E-state index contributed by atoms with van der Waals surface area (Å²) in [4.78, 5) is 17.3. The van der Waals surface area contributed by atoms with E-state index in [1.54, 1.807) is 24.0 Å². The summed E-state index contributed by atoms with van der Waals surface area (Å²) >= 11 is 0. The van der Waals surface area contributed by atoms with E-state index in [0.29, 0.717) is 37.3 Å². The van der Waals surface area contributed by atoms with Crippen LogP contribution in [0.4, 0.5) is 5.69 Å². The Morgan fingerprint density at radius 2 is 1.59 bits per heavy atom. The lowest BCUT2D eigenvalue weighted by atomic mass is 10.1. The van der Waals surface area contributed by atoms with Gasteiger partial charge in [-0.15, -0.1) is 0 Å². The van der Waals surface area contributed by atoms with E-state index in [4.69, 9.17) is 0 Å². The molecule has 0 atom stereocenters. The third-order valence-corrected chi connectivity index (χ3v) is 7.64. The van der Waals surface area contributed by atoms with Gasteiger partial charge in [0.2, 0.25) is 10.0 Å². The average Bonchev–Trinajstić information content (AvgIpc) is 2.75. The quantitative estimate of drug-likeness (QED) is 0.728. The topological polar surface area (TPSA) is 60.9 Å². The number of hydrogen-bond acceptors (Lipinski definition) is 4. The van der Waals surface area contributed by atoms with Crippen LogP contribution in [0.2, 0.25) is 0 Å². The van der Waals surface area contributed by atoms with E-state index < -0.39 is 10.0 Å². The Bertz CT molecular complexity index is 949.